The number of para-hydroxylation sites is 2. The van der Waals surface area contributed by atoms with Crippen molar-refractivity contribution in [1.29, 1.82) is 0 Å². The van der Waals surface area contributed by atoms with Crippen LogP contribution in [0.25, 0.3) is 10.2 Å². The third-order valence-corrected chi connectivity index (χ3v) is 6.16. The maximum Gasteiger partial charge on any atom is 0.267 e. The van der Waals surface area contributed by atoms with E-state index < -0.39 is 0 Å². The number of ether oxygens (including phenoxy) is 2. The van der Waals surface area contributed by atoms with Crippen LogP contribution in [0.15, 0.2) is 60.9 Å². The Morgan fingerprint density at radius 2 is 1.81 bits per heavy atom. The summed E-state index contributed by atoms with van der Waals surface area (Å²) in [4.78, 5) is 23.9. The second-order valence-corrected chi connectivity index (χ2v) is 8.13. The van der Waals surface area contributed by atoms with Crippen LogP contribution in [0.4, 0.5) is 5.13 Å². The van der Waals surface area contributed by atoms with Crippen LogP contribution in [0, 0.1) is 13.8 Å². The van der Waals surface area contributed by atoms with Crippen LogP contribution in [0.2, 0.25) is 0 Å². The lowest BCUT2D eigenvalue weighted by atomic mass is 10.1. The normalized spacial score (nSPS) is 10.8. The van der Waals surface area contributed by atoms with Crippen molar-refractivity contribution in [2.45, 2.75) is 20.4 Å². The van der Waals surface area contributed by atoms with Crippen molar-refractivity contribution in [3.8, 4) is 11.5 Å². The predicted octanol–water partition coefficient (Wildman–Crippen LogP) is 4.93. The average Bonchev–Trinajstić information content (AvgIpc) is 3.26. The van der Waals surface area contributed by atoms with Gasteiger partial charge in [-0.25, -0.2) is 4.98 Å². The number of amides is 1. The predicted molar refractivity (Wildman–Crippen MR) is 123 cm³/mol. The van der Waals surface area contributed by atoms with Gasteiger partial charge in [-0.15, -0.1) is 0 Å². The largest absolute Gasteiger partial charge is 0.493 e. The van der Waals surface area contributed by atoms with Crippen molar-refractivity contribution in [2.75, 3.05) is 18.6 Å². The molecule has 6 nitrogen and oxygen atoms in total. The van der Waals surface area contributed by atoms with Gasteiger partial charge in [-0.2, -0.15) is 0 Å². The van der Waals surface area contributed by atoms with E-state index in [1.807, 2.05) is 31.2 Å². The van der Waals surface area contributed by atoms with Crippen LogP contribution in [0.3, 0.4) is 0 Å². The van der Waals surface area contributed by atoms with E-state index >= 15 is 0 Å². The molecule has 0 saturated carbocycles. The van der Waals surface area contributed by atoms with Crippen molar-refractivity contribution >= 4 is 32.6 Å². The number of carbonyl (C=O) groups is 1. The maximum absolute atomic E-state index is 13.3. The zero-order valence-electron chi connectivity index (χ0n) is 17.7. The Bertz CT molecular complexity index is 1170. The highest BCUT2D eigenvalue weighted by Gasteiger charge is 2.22. The highest BCUT2D eigenvalue weighted by Crippen LogP contribution is 2.34. The first-order valence-corrected chi connectivity index (χ1v) is 10.7. The number of rotatable bonds is 7. The highest BCUT2D eigenvalue weighted by atomic mass is 32.1. The molecular weight excluding hydrogens is 410 g/mol. The maximum atomic E-state index is 13.3. The van der Waals surface area contributed by atoms with Crippen LogP contribution < -0.4 is 14.4 Å². The van der Waals surface area contributed by atoms with Crippen LogP contribution in [-0.4, -0.2) is 29.6 Å². The van der Waals surface area contributed by atoms with Gasteiger partial charge in [0.2, 0.25) is 0 Å². The van der Waals surface area contributed by atoms with Crippen LogP contribution in [-0.2, 0) is 11.3 Å². The zero-order valence-corrected chi connectivity index (χ0v) is 18.5. The zero-order chi connectivity index (χ0) is 21.8. The molecule has 158 valence electrons. The Kier molecular flexibility index (Phi) is 6.13. The fourth-order valence-electron chi connectivity index (χ4n) is 3.26. The fraction of sp³-hybridized carbons (Fsp3) is 0.208. The number of carbonyl (C=O) groups excluding carboxylic acids is 1. The van der Waals surface area contributed by atoms with E-state index in [4.69, 9.17) is 14.5 Å². The van der Waals surface area contributed by atoms with Gasteiger partial charge in [0.1, 0.15) is 0 Å². The number of aryl methyl sites for hydroxylation is 2. The van der Waals surface area contributed by atoms with Crippen LogP contribution in [0.5, 0.6) is 11.5 Å². The lowest BCUT2D eigenvalue weighted by Crippen LogP contribution is -2.34. The summed E-state index contributed by atoms with van der Waals surface area (Å²) in [7, 11) is 1.57. The Labute approximate surface area is 185 Å². The van der Waals surface area contributed by atoms with Crippen molar-refractivity contribution in [3.63, 3.8) is 0 Å². The fourth-order valence-corrected chi connectivity index (χ4v) is 4.38. The average molecular weight is 434 g/mol. The molecule has 0 spiro atoms. The molecule has 4 aromatic rings. The Morgan fingerprint density at radius 3 is 2.52 bits per heavy atom. The number of aromatic nitrogens is 2. The first-order valence-electron chi connectivity index (χ1n) is 9.88. The second kappa shape index (κ2) is 9.14. The molecule has 31 heavy (non-hydrogen) atoms. The summed E-state index contributed by atoms with van der Waals surface area (Å²) in [6, 6.07) is 15.2. The quantitative estimate of drug-likeness (QED) is 0.414. The minimum atomic E-state index is -0.191. The van der Waals surface area contributed by atoms with E-state index in [1.54, 1.807) is 36.5 Å². The minimum absolute atomic E-state index is 0.130. The molecule has 7 heteroatoms. The van der Waals surface area contributed by atoms with Gasteiger partial charge < -0.3 is 9.47 Å². The van der Waals surface area contributed by atoms with Gasteiger partial charge in [0.15, 0.2) is 23.2 Å². The van der Waals surface area contributed by atoms with Gasteiger partial charge in [-0.1, -0.05) is 41.7 Å². The number of anilines is 1. The molecule has 0 aliphatic heterocycles. The van der Waals surface area contributed by atoms with Crippen molar-refractivity contribution < 1.29 is 14.3 Å². The number of methoxy groups -OCH3 is 1. The summed E-state index contributed by atoms with van der Waals surface area (Å²) in [5, 5.41) is 0.643. The topological polar surface area (TPSA) is 64.6 Å². The summed E-state index contributed by atoms with van der Waals surface area (Å²) in [5.41, 5.74) is 4.07. The highest BCUT2D eigenvalue weighted by molar-refractivity contribution is 7.22. The lowest BCUT2D eigenvalue weighted by Gasteiger charge is -2.20. The number of hydrogen-bond donors (Lipinski definition) is 0. The Morgan fingerprint density at radius 1 is 1.03 bits per heavy atom. The molecular formula is C24H23N3O3S. The van der Waals surface area contributed by atoms with E-state index in [1.165, 1.54) is 11.3 Å². The van der Waals surface area contributed by atoms with Crippen molar-refractivity contribution in [2.24, 2.45) is 0 Å². The molecule has 2 heterocycles. The molecule has 0 atom stereocenters. The van der Waals surface area contributed by atoms with Gasteiger partial charge in [-0.05, 0) is 48.7 Å². The summed E-state index contributed by atoms with van der Waals surface area (Å²) in [5.74, 6) is 0.917. The molecule has 0 unspecified atom stereocenters. The van der Waals surface area contributed by atoms with Crippen molar-refractivity contribution in [3.05, 3.63) is 77.6 Å². The monoisotopic (exact) mass is 433 g/mol. The Hall–Kier alpha value is -3.45. The summed E-state index contributed by atoms with van der Waals surface area (Å²) in [6.45, 7) is 4.32. The molecule has 2 aromatic heterocycles. The molecule has 0 aliphatic carbocycles. The van der Waals surface area contributed by atoms with E-state index in [0.717, 1.165) is 26.9 Å². The molecule has 0 bridgehead atoms. The molecule has 2 aromatic carbocycles. The number of benzene rings is 2. The van der Waals surface area contributed by atoms with E-state index in [0.29, 0.717) is 23.2 Å². The lowest BCUT2D eigenvalue weighted by molar-refractivity contribution is -0.120. The summed E-state index contributed by atoms with van der Waals surface area (Å²) in [6.07, 6.45) is 3.47. The molecule has 0 saturated heterocycles. The van der Waals surface area contributed by atoms with E-state index in [-0.39, 0.29) is 12.5 Å². The van der Waals surface area contributed by atoms with Gasteiger partial charge >= 0.3 is 0 Å². The smallest absolute Gasteiger partial charge is 0.267 e. The molecule has 4 rings (SSSR count). The van der Waals surface area contributed by atoms with Crippen molar-refractivity contribution in [1.82, 2.24) is 9.97 Å². The van der Waals surface area contributed by atoms with Gasteiger partial charge in [0.25, 0.3) is 5.91 Å². The van der Waals surface area contributed by atoms with Gasteiger partial charge in [0.05, 0.1) is 23.9 Å². The molecule has 0 radical (unpaired) electrons. The molecule has 1 amide bonds. The molecule has 0 aliphatic rings. The van der Waals surface area contributed by atoms with Gasteiger partial charge in [0, 0.05) is 12.4 Å². The minimum Gasteiger partial charge on any atom is -0.493 e. The number of hydrogen-bond acceptors (Lipinski definition) is 6. The number of fused-ring (bicyclic) bond motifs is 1. The summed E-state index contributed by atoms with van der Waals surface area (Å²) >= 11 is 1.52. The first kappa shape index (κ1) is 20.8. The second-order valence-electron chi connectivity index (χ2n) is 7.15. The number of thiazole rings is 1. The third-order valence-electron chi connectivity index (χ3n) is 4.95. The third kappa shape index (κ3) is 4.51. The number of pyridine rings is 1. The Balaban J connectivity index is 1.65. The molecule has 0 fully saturated rings. The summed E-state index contributed by atoms with van der Waals surface area (Å²) < 4.78 is 12.2. The molecule has 0 N–H and O–H groups in total. The SMILES string of the molecule is COc1ccccc1OCC(=O)N(Cc1cccnc1)c1nc2c(C)ccc(C)c2s1. The van der Waals surface area contributed by atoms with Crippen LogP contribution >= 0.6 is 11.3 Å². The van der Waals surface area contributed by atoms with Gasteiger partial charge in [-0.3, -0.25) is 14.7 Å². The number of nitrogens with zero attached hydrogens (tertiary/aromatic N) is 3. The standard InChI is InChI=1S/C24H23N3O3S/c1-16-10-11-17(2)23-22(16)26-24(31-23)27(14-18-7-6-12-25-13-18)21(28)15-30-20-9-5-4-8-19(20)29-3/h4-13H,14-15H2,1-3H3. The van der Waals surface area contributed by atoms with E-state index in [9.17, 15) is 4.79 Å². The first-order chi connectivity index (χ1) is 15.1. The van der Waals surface area contributed by atoms with E-state index in [2.05, 4.69) is 24.0 Å². The van der Waals surface area contributed by atoms with Crippen LogP contribution in [0.1, 0.15) is 16.7 Å².